The lowest BCUT2D eigenvalue weighted by Crippen LogP contribution is -2.29. The van der Waals surface area contributed by atoms with Crippen molar-refractivity contribution in [2.75, 3.05) is 26.1 Å². The molecule has 8 nitrogen and oxygen atoms in total. The SMILES string of the molecule is CCOC(=O)C1=C(C)Nc2nc(-c3ccc(OC)c(OC)c3)nn2C1c1ccc(F)cc1. The Hall–Kier alpha value is -3.88. The van der Waals surface area contributed by atoms with Crippen molar-refractivity contribution >= 4 is 11.9 Å². The molecule has 0 spiro atoms. The largest absolute Gasteiger partial charge is 0.493 e. The predicted octanol–water partition coefficient (Wildman–Crippen LogP) is 3.95. The first kappa shape index (κ1) is 21.4. The van der Waals surface area contributed by atoms with Crippen molar-refractivity contribution in [1.29, 1.82) is 0 Å². The van der Waals surface area contributed by atoms with Gasteiger partial charge in [0.1, 0.15) is 11.9 Å². The van der Waals surface area contributed by atoms with E-state index in [1.54, 1.807) is 57.0 Å². The van der Waals surface area contributed by atoms with E-state index in [9.17, 15) is 9.18 Å². The van der Waals surface area contributed by atoms with Crippen molar-refractivity contribution in [3.63, 3.8) is 0 Å². The van der Waals surface area contributed by atoms with Gasteiger partial charge in [0, 0.05) is 11.3 Å². The molecule has 0 fully saturated rings. The molecule has 166 valence electrons. The number of esters is 1. The molecule has 0 bridgehead atoms. The highest BCUT2D eigenvalue weighted by Crippen LogP contribution is 2.38. The molecule has 0 amide bonds. The second-order valence-corrected chi connectivity index (χ2v) is 7.11. The minimum atomic E-state index is -0.632. The van der Waals surface area contributed by atoms with Crippen molar-refractivity contribution in [3.05, 3.63) is 65.1 Å². The van der Waals surface area contributed by atoms with E-state index in [1.807, 2.05) is 6.07 Å². The van der Waals surface area contributed by atoms with Crippen LogP contribution in [0, 0.1) is 5.82 Å². The number of hydrogen-bond acceptors (Lipinski definition) is 7. The average molecular weight is 438 g/mol. The van der Waals surface area contributed by atoms with Crippen LogP contribution < -0.4 is 14.8 Å². The quantitative estimate of drug-likeness (QED) is 0.583. The Kier molecular flexibility index (Phi) is 5.81. The molecule has 0 radical (unpaired) electrons. The topological polar surface area (TPSA) is 87.5 Å². The normalized spacial score (nSPS) is 15.1. The third kappa shape index (κ3) is 3.77. The third-order valence-corrected chi connectivity index (χ3v) is 5.18. The van der Waals surface area contributed by atoms with E-state index in [0.29, 0.717) is 45.7 Å². The number of fused-ring (bicyclic) bond motifs is 1. The van der Waals surface area contributed by atoms with Gasteiger partial charge in [0.2, 0.25) is 5.95 Å². The number of methoxy groups -OCH3 is 2. The Morgan fingerprint density at radius 1 is 1.12 bits per heavy atom. The van der Waals surface area contributed by atoms with E-state index < -0.39 is 12.0 Å². The summed E-state index contributed by atoms with van der Waals surface area (Å²) in [5, 5.41) is 7.81. The maximum absolute atomic E-state index is 13.6. The number of hydrogen-bond donors (Lipinski definition) is 1. The van der Waals surface area contributed by atoms with Crippen LogP contribution in [0.2, 0.25) is 0 Å². The summed E-state index contributed by atoms with van der Waals surface area (Å²) in [5.74, 6) is 1.17. The molecule has 9 heteroatoms. The van der Waals surface area contributed by atoms with Gasteiger partial charge >= 0.3 is 5.97 Å². The maximum atomic E-state index is 13.6. The molecular weight excluding hydrogens is 415 g/mol. The van der Waals surface area contributed by atoms with Crippen molar-refractivity contribution in [3.8, 4) is 22.9 Å². The van der Waals surface area contributed by atoms with Crippen LogP contribution in [-0.4, -0.2) is 41.6 Å². The monoisotopic (exact) mass is 438 g/mol. The van der Waals surface area contributed by atoms with E-state index in [2.05, 4.69) is 15.4 Å². The highest BCUT2D eigenvalue weighted by atomic mass is 19.1. The highest BCUT2D eigenvalue weighted by molar-refractivity contribution is 5.92. The number of halogens is 1. The summed E-state index contributed by atoms with van der Waals surface area (Å²) >= 11 is 0. The standard InChI is InChI=1S/C23H23FN4O4/c1-5-32-22(29)19-13(2)25-23-26-21(15-8-11-17(30-3)18(12-15)31-4)27-28(23)20(19)14-6-9-16(24)10-7-14/h6-12,20H,5H2,1-4H3,(H,25,26,27). The molecule has 1 aliphatic rings. The molecule has 1 aromatic heterocycles. The fourth-order valence-electron chi connectivity index (χ4n) is 3.68. The van der Waals surface area contributed by atoms with Crippen LogP contribution in [0.25, 0.3) is 11.4 Å². The molecule has 0 saturated carbocycles. The second kappa shape index (κ2) is 8.70. The van der Waals surface area contributed by atoms with Gasteiger partial charge < -0.3 is 19.5 Å². The van der Waals surface area contributed by atoms with Crippen LogP contribution >= 0.6 is 0 Å². The molecule has 1 unspecified atom stereocenters. The van der Waals surface area contributed by atoms with Crippen LogP contribution in [0.15, 0.2) is 53.7 Å². The summed E-state index contributed by atoms with van der Waals surface area (Å²) < 4.78 is 31.2. The maximum Gasteiger partial charge on any atom is 0.338 e. The number of benzene rings is 2. The van der Waals surface area contributed by atoms with Crippen LogP contribution in [0.3, 0.4) is 0 Å². The van der Waals surface area contributed by atoms with E-state index >= 15 is 0 Å². The molecule has 0 saturated heterocycles. The van der Waals surface area contributed by atoms with E-state index in [0.717, 1.165) is 0 Å². The van der Waals surface area contributed by atoms with E-state index in [-0.39, 0.29) is 12.4 Å². The molecule has 32 heavy (non-hydrogen) atoms. The Balaban J connectivity index is 1.84. The molecule has 1 N–H and O–H groups in total. The van der Waals surface area contributed by atoms with Crippen molar-refractivity contribution in [2.45, 2.75) is 19.9 Å². The van der Waals surface area contributed by atoms with Gasteiger partial charge in [0.05, 0.1) is 26.4 Å². The fourth-order valence-corrected chi connectivity index (χ4v) is 3.68. The van der Waals surface area contributed by atoms with Crippen LogP contribution in [0.1, 0.15) is 25.5 Å². The molecule has 1 atom stereocenters. The van der Waals surface area contributed by atoms with Gasteiger partial charge in [-0.25, -0.2) is 13.9 Å². The fraction of sp³-hybridized carbons (Fsp3) is 0.261. The first-order chi connectivity index (χ1) is 15.5. The molecule has 2 heterocycles. The van der Waals surface area contributed by atoms with Gasteiger partial charge in [-0.1, -0.05) is 12.1 Å². The van der Waals surface area contributed by atoms with Gasteiger partial charge in [-0.2, -0.15) is 4.98 Å². The Bertz CT molecular complexity index is 1190. The predicted molar refractivity (Wildman–Crippen MR) is 116 cm³/mol. The van der Waals surface area contributed by atoms with Crippen molar-refractivity contribution < 1.29 is 23.4 Å². The van der Waals surface area contributed by atoms with Crippen LogP contribution in [0.5, 0.6) is 11.5 Å². The minimum absolute atomic E-state index is 0.229. The lowest BCUT2D eigenvalue weighted by atomic mass is 9.96. The molecule has 2 aromatic carbocycles. The number of carbonyl (C=O) groups excluding carboxylic acids is 1. The molecule has 3 aromatic rings. The average Bonchev–Trinajstić information content (AvgIpc) is 3.22. The molecule has 4 rings (SSSR count). The summed E-state index contributed by atoms with van der Waals surface area (Å²) in [5.41, 5.74) is 2.37. The first-order valence-corrected chi connectivity index (χ1v) is 10.1. The minimum Gasteiger partial charge on any atom is -0.493 e. The van der Waals surface area contributed by atoms with Gasteiger partial charge in [0.15, 0.2) is 17.3 Å². The summed E-state index contributed by atoms with van der Waals surface area (Å²) in [6, 6.07) is 10.7. The number of rotatable bonds is 6. The van der Waals surface area contributed by atoms with Gasteiger partial charge in [-0.05, 0) is 49.7 Å². The van der Waals surface area contributed by atoms with Gasteiger partial charge in [0.25, 0.3) is 0 Å². The van der Waals surface area contributed by atoms with E-state index in [1.165, 1.54) is 12.1 Å². The van der Waals surface area contributed by atoms with Crippen molar-refractivity contribution in [2.24, 2.45) is 0 Å². The number of allylic oxidation sites excluding steroid dienone is 1. The first-order valence-electron chi connectivity index (χ1n) is 10.1. The van der Waals surface area contributed by atoms with Gasteiger partial charge in [-0.15, -0.1) is 5.10 Å². The number of anilines is 1. The third-order valence-electron chi connectivity index (χ3n) is 5.18. The van der Waals surface area contributed by atoms with Crippen molar-refractivity contribution in [1.82, 2.24) is 14.8 Å². The zero-order valence-electron chi connectivity index (χ0n) is 18.2. The zero-order chi connectivity index (χ0) is 22.8. The van der Waals surface area contributed by atoms with Gasteiger partial charge in [-0.3, -0.25) is 0 Å². The Labute approximate surface area is 184 Å². The smallest absolute Gasteiger partial charge is 0.338 e. The summed E-state index contributed by atoms with van der Waals surface area (Å²) in [7, 11) is 3.12. The number of nitrogens with zero attached hydrogens (tertiary/aromatic N) is 3. The lowest BCUT2D eigenvalue weighted by molar-refractivity contribution is -0.139. The number of carbonyl (C=O) groups is 1. The second-order valence-electron chi connectivity index (χ2n) is 7.11. The van der Waals surface area contributed by atoms with Crippen LogP contribution in [-0.2, 0) is 9.53 Å². The van der Waals surface area contributed by atoms with Crippen LogP contribution in [0.4, 0.5) is 10.3 Å². The Morgan fingerprint density at radius 2 is 1.84 bits per heavy atom. The number of aromatic nitrogens is 3. The van der Waals surface area contributed by atoms with E-state index in [4.69, 9.17) is 14.2 Å². The summed E-state index contributed by atoms with van der Waals surface area (Å²) in [4.78, 5) is 17.4. The highest BCUT2D eigenvalue weighted by Gasteiger charge is 2.35. The number of nitrogens with one attached hydrogen (secondary N) is 1. The number of ether oxygens (including phenoxy) is 3. The lowest BCUT2D eigenvalue weighted by Gasteiger charge is -2.28. The molecule has 0 aliphatic carbocycles. The Morgan fingerprint density at radius 3 is 2.50 bits per heavy atom. The molecular formula is C23H23FN4O4. The zero-order valence-corrected chi connectivity index (χ0v) is 18.2. The summed E-state index contributed by atoms with van der Waals surface area (Å²) in [6.45, 7) is 3.75. The molecule has 1 aliphatic heterocycles. The summed E-state index contributed by atoms with van der Waals surface area (Å²) in [6.07, 6.45) is 0.